The molecule has 1 aromatic carbocycles. The zero-order chi connectivity index (χ0) is 13.0. The fourth-order valence-electron chi connectivity index (χ4n) is 1.78. The molecule has 0 aromatic heterocycles. The normalized spacial score (nSPS) is 13.9. The number of carbonyl (C=O) groups is 2. The maximum Gasteiger partial charge on any atom is 0.251 e. The number of rotatable bonds is 4. The molecule has 0 radical (unpaired) electrons. The van der Waals surface area contributed by atoms with Crippen LogP contribution < -0.4 is 16.0 Å². The minimum absolute atomic E-state index is 0. The summed E-state index contributed by atoms with van der Waals surface area (Å²) in [5, 5.41) is 8.56. The van der Waals surface area contributed by atoms with Gasteiger partial charge in [-0.05, 0) is 18.2 Å². The van der Waals surface area contributed by atoms with Crippen molar-refractivity contribution in [2.45, 2.75) is 0 Å². The Balaban J connectivity index is 0.00000180. The van der Waals surface area contributed by atoms with Gasteiger partial charge in [-0.1, -0.05) is 6.07 Å². The van der Waals surface area contributed by atoms with Crippen LogP contribution in [-0.2, 0) is 0 Å². The van der Waals surface area contributed by atoms with Crippen LogP contribution in [0.25, 0.3) is 0 Å². The van der Waals surface area contributed by atoms with E-state index >= 15 is 0 Å². The van der Waals surface area contributed by atoms with Gasteiger partial charge in [0.05, 0.1) is 0 Å². The molecule has 0 spiro atoms. The number of carbonyl (C=O) groups excluding carboxylic acids is 2. The number of benzene rings is 1. The largest absolute Gasteiger partial charge is 0.355 e. The van der Waals surface area contributed by atoms with Gasteiger partial charge in [0.15, 0.2) is 0 Å². The van der Waals surface area contributed by atoms with Gasteiger partial charge in [0.25, 0.3) is 11.8 Å². The van der Waals surface area contributed by atoms with E-state index < -0.39 is 0 Å². The second-order valence-electron chi connectivity index (χ2n) is 4.39. The summed E-state index contributed by atoms with van der Waals surface area (Å²) in [4.78, 5) is 23.3. The summed E-state index contributed by atoms with van der Waals surface area (Å²) in [6.07, 6.45) is 0. The first kappa shape index (κ1) is 15.5. The van der Waals surface area contributed by atoms with Crippen molar-refractivity contribution in [1.29, 1.82) is 0 Å². The van der Waals surface area contributed by atoms with E-state index in [1.54, 1.807) is 31.3 Å². The van der Waals surface area contributed by atoms with Gasteiger partial charge in [0, 0.05) is 43.7 Å². The first-order chi connectivity index (χ1) is 8.70. The summed E-state index contributed by atoms with van der Waals surface area (Å²) in [6.45, 7) is 2.59. The van der Waals surface area contributed by atoms with Gasteiger partial charge >= 0.3 is 0 Å². The van der Waals surface area contributed by atoms with Gasteiger partial charge < -0.3 is 16.0 Å². The first-order valence-corrected chi connectivity index (χ1v) is 6.02. The zero-order valence-corrected chi connectivity index (χ0v) is 11.5. The average Bonchev–Trinajstić information content (AvgIpc) is 2.36. The van der Waals surface area contributed by atoms with Crippen molar-refractivity contribution in [3.05, 3.63) is 35.4 Å². The second-order valence-corrected chi connectivity index (χ2v) is 4.39. The second kappa shape index (κ2) is 7.11. The minimum atomic E-state index is -0.187. The van der Waals surface area contributed by atoms with E-state index in [0.29, 0.717) is 23.6 Å². The highest BCUT2D eigenvalue weighted by Gasteiger charge is 2.17. The lowest BCUT2D eigenvalue weighted by atomic mass is 10.0. The van der Waals surface area contributed by atoms with Crippen LogP contribution in [0.15, 0.2) is 24.3 Å². The minimum Gasteiger partial charge on any atom is -0.355 e. The van der Waals surface area contributed by atoms with Crippen molar-refractivity contribution in [2.24, 2.45) is 5.92 Å². The van der Waals surface area contributed by atoms with Crippen LogP contribution in [0.3, 0.4) is 0 Å². The number of nitrogens with one attached hydrogen (secondary N) is 3. The van der Waals surface area contributed by atoms with E-state index in [4.69, 9.17) is 0 Å². The molecule has 3 N–H and O–H groups in total. The molecular weight excluding hydrogens is 266 g/mol. The monoisotopic (exact) mass is 283 g/mol. The standard InChI is InChI=1S/C13H17N3O2.ClH/c1-14-12(17)10-3-2-4-11(5-10)13(18)16-8-9-6-15-7-9;/h2-5,9,15H,6-8H2,1H3,(H,14,17)(H,16,18);1H. The Hall–Kier alpha value is -1.59. The van der Waals surface area contributed by atoms with Crippen LogP contribution >= 0.6 is 12.4 Å². The maximum absolute atomic E-state index is 11.9. The molecule has 1 fully saturated rings. The van der Waals surface area contributed by atoms with Gasteiger partial charge in [-0.15, -0.1) is 12.4 Å². The molecule has 0 unspecified atom stereocenters. The van der Waals surface area contributed by atoms with E-state index in [1.807, 2.05) is 0 Å². The molecule has 5 nitrogen and oxygen atoms in total. The summed E-state index contributed by atoms with van der Waals surface area (Å²) in [5.41, 5.74) is 1.01. The van der Waals surface area contributed by atoms with Crippen molar-refractivity contribution in [2.75, 3.05) is 26.7 Å². The summed E-state index contributed by atoms with van der Waals surface area (Å²) < 4.78 is 0. The molecule has 1 aliphatic heterocycles. The van der Waals surface area contributed by atoms with Gasteiger partial charge in [-0.3, -0.25) is 9.59 Å². The number of hydrogen-bond donors (Lipinski definition) is 3. The molecule has 1 aliphatic rings. The van der Waals surface area contributed by atoms with Gasteiger partial charge in [0.1, 0.15) is 0 Å². The van der Waals surface area contributed by atoms with Crippen LogP contribution in [0.4, 0.5) is 0 Å². The molecule has 2 rings (SSSR count). The molecule has 0 bridgehead atoms. The molecule has 1 saturated heterocycles. The Morgan fingerprint density at radius 2 is 1.89 bits per heavy atom. The molecule has 1 aromatic rings. The van der Waals surface area contributed by atoms with Crippen molar-refractivity contribution in [3.8, 4) is 0 Å². The Kier molecular flexibility index (Phi) is 5.79. The lowest BCUT2D eigenvalue weighted by Gasteiger charge is -2.27. The smallest absolute Gasteiger partial charge is 0.251 e. The summed E-state index contributed by atoms with van der Waals surface area (Å²) in [6, 6.07) is 6.71. The van der Waals surface area contributed by atoms with Crippen molar-refractivity contribution < 1.29 is 9.59 Å². The number of hydrogen-bond acceptors (Lipinski definition) is 3. The molecule has 0 saturated carbocycles. The van der Waals surface area contributed by atoms with E-state index in [9.17, 15) is 9.59 Å². The maximum atomic E-state index is 11.9. The molecule has 6 heteroatoms. The summed E-state index contributed by atoms with van der Waals surface area (Å²) in [7, 11) is 1.57. The summed E-state index contributed by atoms with van der Waals surface area (Å²) in [5.74, 6) is 0.205. The van der Waals surface area contributed by atoms with Crippen LogP contribution in [0, 0.1) is 5.92 Å². The highest BCUT2D eigenvalue weighted by atomic mass is 35.5. The van der Waals surface area contributed by atoms with Gasteiger partial charge in [-0.2, -0.15) is 0 Å². The van der Waals surface area contributed by atoms with E-state index in [1.165, 1.54) is 0 Å². The summed E-state index contributed by atoms with van der Waals surface area (Å²) >= 11 is 0. The van der Waals surface area contributed by atoms with Crippen molar-refractivity contribution in [3.63, 3.8) is 0 Å². The van der Waals surface area contributed by atoms with E-state index in [-0.39, 0.29) is 24.2 Å². The van der Waals surface area contributed by atoms with Gasteiger partial charge in [0.2, 0.25) is 0 Å². The number of halogens is 1. The Morgan fingerprint density at radius 1 is 1.26 bits per heavy atom. The van der Waals surface area contributed by atoms with E-state index in [0.717, 1.165) is 13.1 Å². The van der Waals surface area contributed by atoms with Crippen LogP contribution in [-0.4, -0.2) is 38.5 Å². The highest BCUT2D eigenvalue weighted by Crippen LogP contribution is 2.06. The molecular formula is C13H18ClN3O2. The topological polar surface area (TPSA) is 70.2 Å². The SMILES string of the molecule is CNC(=O)c1cccc(C(=O)NCC2CNC2)c1.Cl. The number of amides is 2. The average molecular weight is 284 g/mol. The molecule has 0 atom stereocenters. The predicted octanol–water partition coefficient (Wildman–Crippen LogP) is 0.417. The molecule has 2 amide bonds. The lowest BCUT2D eigenvalue weighted by molar-refractivity contribution is 0.0942. The first-order valence-electron chi connectivity index (χ1n) is 6.02. The molecule has 0 aliphatic carbocycles. The van der Waals surface area contributed by atoms with Crippen molar-refractivity contribution >= 4 is 24.2 Å². The molecule has 104 valence electrons. The third kappa shape index (κ3) is 3.94. The Labute approximate surface area is 118 Å². The van der Waals surface area contributed by atoms with Crippen molar-refractivity contribution in [1.82, 2.24) is 16.0 Å². The van der Waals surface area contributed by atoms with Gasteiger partial charge in [-0.25, -0.2) is 0 Å². The van der Waals surface area contributed by atoms with Crippen LogP contribution in [0.2, 0.25) is 0 Å². The fraction of sp³-hybridized carbons (Fsp3) is 0.385. The highest BCUT2D eigenvalue weighted by molar-refractivity contribution is 5.99. The molecule has 1 heterocycles. The third-order valence-electron chi connectivity index (χ3n) is 3.03. The Morgan fingerprint density at radius 3 is 2.42 bits per heavy atom. The quantitative estimate of drug-likeness (QED) is 0.750. The predicted molar refractivity (Wildman–Crippen MR) is 75.8 cm³/mol. The Bertz CT molecular complexity index is 461. The van der Waals surface area contributed by atoms with Crippen LogP contribution in [0.5, 0.6) is 0 Å². The zero-order valence-electron chi connectivity index (χ0n) is 10.7. The molecule has 19 heavy (non-hydrogen) atoms. The fourth-order valence-corrected chi connectivity index (χ4v) is 1.78. The van der Waals surface area contributed by atoms with E-state index in [2.05, 4.69) is 16.0 Å². The third-order valence-corrected chi connectivity index (χ3v) is 3.03. The van der Waals surface area contributed by atoms with Crippen LogP contribution in [0.1, 0.15) is 20.7 Å². The lowest BCUT2D eigenvalue weighted by Crippen LogP contribution is -2.48.